The molecule has 1 rings (SSSR count). The van der Waals surface area contributed by atoms with Gasteiger partial charge in [-0.3, -0.25) is 4.52 Å². The fourth-order valence-electron chi connectivity index (χ4n) is 0.934. The molecule has 0 fully saturated rings. The molecule has 0 radical (unpaired) electrons. The van der Waals surface area contributed by atoms with Gasteiger partial charge >= 0.3 is 8.17 Å². The molecule has 1 aromatic rings. The maximum atomic E-state index is 5.43. The predicted octanol–water partition coefficient (Wildman–Crippen LogP) is 2.55. The average Bonchev–Trinajstić information content (AvgIpc) is 2.31. The Balaban J connectivity index is 2.76. The average molecular weight is 249 g/mol. The third-order valence-electron chi connectivity index (χ3n) is 1.52. The van der Waals surface area contributed by atoms with Crippen molar-refractivity contribution in [3.8, 4) is 5.75 Å². The summed E-state index contributed by atoms with van der Waals surface area (Å²) in [6.07, 6.45) is 0. The van der Waals surface area contributed by atoms with E-state index in [0.717, 1.165) is 0 Å². The van der Waals surface area contributed by atoms with E-state index in [4.69, 9.17) is 18.4 Å². The van der Waals surface area contributed by atoms with Crippen LogP contribution in [0, 0.1) is 0 Å². The highest BCUT2D eigenvalue weighted by Crippen LogP contribution is 2.62. The zero-order valence-electron chi connectivity index (χ0n) is 9.28. The van der Waals surface area contributed by atoms with Crippen LogP contribution in [0.15, 0.2) is 30.3 Å². The highest BCUT2D eigenvalue weighted by Gasteiger charge is 2.54. The van der Waals surface area contributed by atoms with Gasteiger partial charge in [-0.05, 0) is 12.1 Å². The molecular weight excluding hydrogens is 235 g/mol. The first-order valence-electron chi connectivity index (χ1n) is 4.40. The maximum Gasteiger partial charge on any atom is 0.682 e. The van der Waals surface area contributed by atoms with Gasteiger partial charge in [0, 0.05) is 9.35 Å². The van der Waals surface area contributed by atoms with Crippen molar-refractivity contribution in [3.05, 3.63) is 30.3 Å². The molecule has 0 atom stereocenters. The summed E-state index contributed by atoms with van der Waals surface area (Å²) < 4.78 is 20.1. The minimum absolute atomic E-state index is 0.520. The Morgan fingerprint density at radius 1 is 0.875 bits per heavy atom. The summed E-state index contributed by atoms with van der Waals surface area (Å²) in [4.78, 5) is 9.03. The number of hydrogen-bond acceptors (Lipinski definition) is 6. The fraction of sp³-hybridized carbons (Fsp3) is 0.333. The van der Waals surface area contributed by atoms with Gasteiger partial charge in [-0.25, -0.2) is 0 Å². The Labute approximate surface area is 94.5 Å². The van der Waals surface area contributed by atoms with Crippen molar-refractivity contribution in [3.63, 3.8) is 0 Å². The minimum atomic E-state index is -3.14. The smallest absolute Gasteiger partial charge is 0.257 e. The van der Waals surface area contributed by atoms with Crippen molar-refractivity contribution in [2.24, 2.45) is 0 Å². The van der Waals surface area contributed by atoms with E-state index in [9.17, 15) is 0 Å². The van der Waals surface area contributed by atoms with Crippen LogP contribution in [0.4, 0.5) is 0 Å². The molecule has 0 unspecified atom stereocenters. The molecule has 0 saturated heterocycles. The lowest BCUT2D eigenvalue weighted by atomic mass is 10.3. The third-order valence-corrected chi connectivity index (χ3v) is 3.06. The van der Waals surface area contributed by atoms with Gasteiger partial charge in [0.05, 0.1) is 21.3 Å². The zero-order chi connectivity index (χ0) is 11.9. The van der Waals surface area contributed by atoms with Crippen LogP contribution in [-0.4, -0.2) is 21.3 Å². The van der Waals surface area contributed by atoms with Crippen molar-refractivity contribution in [2.45, 2.75) is 0 Å². The van der Waals surface area contributed by atoms with Crippen LogP contribution in [0.1, 0.15) is 0 Å². The molecule has 0 bridgehead atoms. The van der Waals surface area contributed by atoms with E-state index in [1.165, 1.54) is 21.3 Å². The first-order chi connectivity index (χ1) is 7.76. The Morgan fingerprint density at radius 2 is 1.44 bits per heavy atom. The highest BCUT2D eigenvalue weighted by atomic mass is 31.2. The van der Waals surface area contributed by atoms with Crippen molar-refractivity contribution in [2.75, 3.05) is 21.3 Å². The quantitative estimate of drug-likeness (QED) is 0.420. The van der Waals surface area contributed by atoms with Crippen molar-refractivity contribution in [1.82, 2.24) is 0 Å². The summed E-state index contributed by atoms with van der Waals surface area (Å²) in [5.41, 5.74) is 0. The number of rotatable bonds is 7. The topological polar surface area (TPSA) is 55.4 Å². The van der Waals surface area contributed by atoms with E-state index in [1.807, 2.05) is 6.07 Å². The van der Waals surface area contributed by atoms with Gasteiger partial charge in [-0.2, -0.15) is 9.78 Å². The van der Waals surface area contributed by atoms with Gasteiger partial charge < -0.3 is 0 Å². The summed E-state index contributed by atoms with van der Waals surface area (Å²) >= 11 is 0. The van der Waals surface area contributed by atoms with E-state index >= 15 is 0 Å². The normalized spacial score (nSPS) is 11.4. The molecule has 90 valence electrons. The molecule has 0 N–H and O–H groups in total. The van der Waals surface area contributed by atoms with Crippen LogP contribution in [0.5, 0.6) is 5.75 Å². The fourth-order valence-corrected chi connectivity index (χ4v) is 1.96. The Hall–Kier alpha value is -0.750. The number of benzene rings is 1. The summed E-state index contributed by atoms with van der Waals surface area (Å²) in [5, 5.41) is 0. The summed E-state index contributed by atoms with van der Waals surface area (Å²) in [7, 11) is 0.868. The molecule has 16 heavy (non-hydrogen) atoms. The maximum absolute atomic E-state index is 5.43. The molecule has 0 amide bonds. The number of hydrogen-bond donors (Lipinski definition) is 0. The van der Waals surface area contributed by atoms with Crippen LogP contribution in [0.3, 0.4) is 0 Å². The lowest BCUT2D eigenvalue weighted by Gasteiger charge is -2.13. The second-order valence-corrected chi connectivity index (χ2v) is 4.26. The van der Waals surface area contributed by atoms with Gasteiger partial charge in [0.15, 0.2) is 5.75 Å². The van der Waals surface area contributed by atoms with Crippen molar-refractivity contribution < 1.29 is 28.2 Å². The van der Waals surface area contributed by atoms with Crippen molar-refractivity contribution in [1.29, 1.82) is 0 Å². The SMILES string of the molecule is COO[P+](OC)(OOC)Oc1ccccc1. The summed E-state index contributed by atoms with van der Waals surface area (Å²) in [6.45, 7) is 0. The van der Waals surface area contributed by atoms with Gasteiger partial charge in [0.1, 0.15) is 0 Å². The number of para-hydroxylation sites is 1. The molecule has 1 aromatic carbocycles. The van der Waals surface area contributed by atoms with Crippen LogP contribution in [0.2, 0.25) is 0 Å². The lowest BCUT2D eigenvalue weighted by molar-refractivity contribution is -0.267. The third kappa shape index (κ3) is 3.68. The van der Waals surface area contributed by atoms with E-state index in [-0.39, 0.29) is 0 Å². The molecule has 0 aromatic heterocycles. The molecule has 6 nitrogen and oxygen atoms in total. The minimum Gasteiger partial charge on any atom is -0.257 e. The van der Waals surface area contributed by atoms with Gasteiger partial charge in [-0.1, -0.05) is 18.2 Å². The van der Waals surface area contributed by atoms with Crippen LogP contribution in [-0.2, 0) is 23.6 Å². The van der Waals surface area contributed by atoms with E-state index < -0.39 is 8.17 Å². The lowest BCUT2D eigenvalue weighted by Crippen LogP contribution is -2.11. The van der Waals surface area contributed by atoms with E-state index in [0.29, 0.717) is 5.75 Å². The first-order valence-corrected chi connectivity index (χ1v) is 5.86. The molecular formula is C9H14O6P+. The molecule has 0 saturated carbocycles. The molecule has 0 aliphatic rings. The largest absolute Gasteiger partial charge is 0.682 e. The zero-order valence-corrected chi connectivity index (χ0v) is 10.2. The Morgan fingerprint density at radius 3 is 1.88 bits per heavy atom. The monoisotopic (exact) mass is 249 g/mol. The second kappa shape index (κ2) is 6.75. The van der Waals surface area contributed by atoms with E-state index in [1.54, 1.807) is 24.3 Å². The first kappa shape index (κ1) is 13.3. The Kier molecular flexibility index (Phi) is 5.62. The van der Waals surface area contributed by atoms with E-state index in [2.05, 4.69) is 9.78 Å². The molecule has 0 aliphatic carbocycles. The highest BCUT2D eigenvalue weighted by molar-refractivity contribution is 7.56. The van der Waals surface area contributed by atoms with Crippen molar-refractivity contribution >= 4 is 8.17 Å². The molecule has 0 heterocycles. The van der Waals surface area contributed by atoms with Gasteiger partial charge in [-0.15, -0.1) is 4.52 Å². The van der Waals surface area contributed by atoms with Crippen LogP contribution >= 0.6 is 8.17 Å². The Bertz CT molecular complexity index is 287. The van der Waals surface area contributed by atoms with Crippen LogP contribution < -0.4 is 4.52 Å². The summed E-state index contributed by atoms with van der Waals surface area (Å²) in [6, 6.07) is 8.92. The molecule has 0 aliphatic heterocycles. The summed E-state index contributed by atoms with van der Waals surface area (Å²) in [5.74, 6) is 0.520. The molecule has 7 heteroatoms. The second-order valence-electron chi connectivity index (χ2n) is 2.52. The predicted molar refractivity (Wildman–Crippen MR) is 57.2 cm³/mol. The molecule has 0 spiro atoms. The van der Waals surface area contributed by atoms with Gasteiger partial charge in [0.2, 0.25) is 0 Å². The standard InChI is InChI=1S/C9H14O6P/c1-10-14-16(12-3,15-11-2)13-9-7-5-4-6-8-9/h4-8H,1-3H3/q+1. The van der Waals surface area contributed by atoms with Gasteiger partial charge in [0.25, 0.3) is 0 Å². The van der Waals surface area contributed by atoms with Crippen LogP contribution in [0.25, 0.3) is 0 Å².